The molecule has 0 radical (unpaired) electrons. The second-order valence-corrected chi connectivity index (χ2v) is 6.02. The fraction of sp³-hybridized carbons (Fsp3) is 0.235. The van der Waals surface area contributed by atoms with Crippen LogP contribution in [0, 0.1) is 0 Å². The number of alkyl halides is 3. The Morgan fingerprint density at radius 2 is 1.93 bits per heavy atom. The molecule has 0 aliphatic carbocycles. The minimum atomic E-state index is -4.66. The number of hydrogen-bond acceptors (Lipinski definition) is 4. The Morgan fingerprint density at radius 3 is 2.56 bits per heavy atom. The molecule has 3 rings (SSSR count). The van der Waals surface area contributed by atoms with Crippen molar-refractivity contribution in [3.8, 4) is 0 Å². The van der Waals surface area contributed by atoms with Gasteiger partial charge >= 0.3 is 12.2 Å². The molecule has 0 unspecified atom stereocenters. The van der Waals surface area contributed by atoms with Crippen molar-refractivity contribution < 1.29 is 32.0 Å². The van der Waals surface area contributed by atoms with Gasteiger partial charge in [-0.1, -0.05) is 12.1 Å². The lowest BCUT2D eigenvalue weighted by Crippen LogP contribution is -2.42. The van der Waals surface area contributed by atoms with E-state index in [0.717, 1.165) is 12.1 Å². The van der Waals surface area contributed by atoms with Gasteiger partial charge in [-0.15, -0.1) is 0 Å². The Morgan fingerprint density at radius 1 is 1.22 bits per heavy atom. The van der Waals surface area contributed by atoms with Crippen LogP contribution in [0.4, 0.5) is 23.7 Å². The van der Waals surface area contributed by atoms with Crippen LogP contribution in [-0.2, 0) is 21.3 Å². The van der Waals surface area contributed by atoms with Gasteiger partial charge in [0.25, 0.3) is 5.91 Å². The molecule has 0 bridgehead atoms. The van der Waals surface area contributed by atoms with E-state index in [0.29, 0.717) is 4.90 Å². The van der Waals surface area contributed by atoms with Crippen molar-refractivity contribution in [1.29, 1.82) is 0 Å². The van der Waals surface area contributed by atoms with E-state index < -0.39 is 47.4 Å². The standard InChI is InChI=1S/C17H14F3N3O4/c1-16(12-7-4-8-27-12)14(25)23(15(26)22-16)9-13(24)21-11-6-3-2-5-10(11)17(18,19)20/h2-8H,9H2,1H3,(H,21,24)(H,22,26)/t16-/m0/s1. The summed E-state index contributed by atoms with van der Waals surface area (Å²) in [6.45, 7) is 0.663. The highest BCUT2D eigenvalue weighted by molar-refractivity contribution is 6.10. The van der Waals surface area contributed by atoms with E-state index in [2.05, 4.69) is 10.6 Å². The average Bonchev–Trinajstić information content (AvgIpc) is 3.19. The summed E-state index contributed by atoms with van der Waals surface area (Å²) in [5, 5.41) is 4.51. The molecule has 2 aromatic rings. The number of halogens is 3. The van der Waals surface area contributed by atoms with E-state index in [1.807, 2.05) is 0 Å². The third kappa shape index (κ3) is 3.37. The molecule has 4 amide bonds. The number of nitrogens with zero attached hydrogens (tertiary/aromatic N) is 1. The van der Waals surface area contributed by atoms with E-state index in [1.54, 1.807) is 0 Å². The number of nitrogens with one attached hydrogen (secondary N) is 2. The summed E-state index contributed by atoms with van der Waals surface area (Å²) in [4.78, 5) is 37.5. The highest BCUT2D eigenvalue weighted by Crippen LogP contribution is 2.34. The van der Waals surface area contributed by atoms with Gasteiger partial charge in [0, 0.05) is 0 Å². The molecular weight excluding hydrogens is 367 g/mol. The molecule has 1 aliphatic heterocycles. The Balaban J connectivity index is 1.76. The van der Waals surface area contributed by atoms with Gasteiger partial charge in [0.2, 0.25) is 5.91 Å². The van der Waals surface area contributed by atoms with Crippen molar-refractivity contribution in [1.82, 2.24) is 10.2 Å². The molecule has 27 heavy (non-hydrogen) atoms. The lowest BCUT2D eigenvalue weighted by molar-refractivity contribution is -0.137. The van der Waals surface area contributed by atoms with E-state index >= 15 is 0 Å². The molecule has 2 heterocycles. The van der Waals surface area contributed by atoms with Gasteiger partial charge in [0.1, 0.15) is 12.3 Å². The van der Waals surface area contributed by atoms with Crippen LogP contribution in [0.3, 0.4) is 0 Å². The zero-order valence-corrected chi connectivity index (χ0v) is 14.0. The van der Waals surface area contributed by atoms with Crippen molar-refractivity contribution in [3.63, 3.8) is 0 Å². The van der Waals surface area contributed by atoms with Crippen molar-refractivity contribution in [3.05, 3.63) is 54.0 Å². The molecule has 7 nitrogen and oxygen atoms in total. The highest BCUT2D eigenvalue weighted by atomic mass is 19.4. The first-order valence-electron chi connectivity index (χ1n) is 7.77. The van der Waals surface area contributed by atoms with E-state index in [-0.39, 0.29) is 5.76 Å². The molecule has 1 saturated heterocycles. The summed E-state index contributed by atoms with van der Waals surface area (Å²) in [6, 6.07) is 6.58. The summed E-state index contributed by atoms with van der Waals surface area (Å²) < 4.78 is 44.1. The minimum absolute atomic E-state index is 0.172. The monoisotopic (exact) mass is 381 g/mol. The lowest BCUT2D eigenvalue weighted by atomic mass is 9.99. The van der Waals surface area contributed by atoms with Crippen molar-refractivity contribution in [2.24, 2.45) is 0 Å². The number of amides is 4. The van der Waals surface area contributed by atoms with Gasteiger partial charge in [-0.25, -0.2) is 4.79 Å². The van der Waals surface area contributed by atoms with Gasteiger partial charge < -0.3 is 15.1 Å². The summed E-state index contributed by atoms with van der Waals surface area (Å²) in [6.07, 6.45) is -3.34. The molecule has 1 atom stereocenters. The Bertz CT molecular complexity index is 895. The first-order valence-corrected chi connectivity index (χ1v) is 7.77. The molecule has 10 heteroatoms. The largest absolute Gasteiger partial charge is 0.466 e. The predicted molar refractivity (Wildman–Crippen MR) is 86.4 cm³/mol. The molecule has 0 saturated carbocycles. The maximum atomic E-state index is 13.0. The van der Waals surface area contributed by atoms with Gasteiger partial charge in [-0.2, -0.15) is 13.2 Å². The first-order chi connectivity index (χ1) is 12.6. The normalized spacial score (nSPS) is 19.9. The van der Waals surface area contributed by atoms with Crippen LogP contribution in [0.15, 0.2) is 47.1 Å². The van der Waals surface area contributed by atoms with Crippen molar-refractivity contribution in [2.45, 2.75) is 18.6 Å². The Kier molecular flexibility index (Phi) is 4.42. The van der Waals surface area contributed by atoms with Crippen molar-refractivity contribution >= 4 is 23.5 Å². The lowest BCUT2D eigenvalue weighted by Gasteiger charge is -2.19. The number of urea groups is 1. The molecular formula is C17H14F3N3O4. The number of carbonyl (C=O) groups is 3. The van der Waals surface area contributed by atoms with Crippen LogP contribution in [0.5, 0.6) is 0 Å². The molecule has 2 N–H and O–H groups in total. The maximum absolute atomic E-state index is 13.0. The molecule has 1 aromatic heterocycles. The average molecular weight is 381 g/mol. The summed E-state index contributed by atoms with van der Waals surface area (Å²) in [7, 11) is 0. The SMILES string of the molecule is C[C@@]1(c2ccco2)NC(=O)N(CC(=O)Nc2ccccc2C(F)(F)F)C1=O. The second kappa shape index (κ2) is 6.45. The fourth-order valence-corrected chi connectivity index (χ4v) is 2.74. The van der Waals surface area contributed by atoms with Crippen LogP contribution < -0.4 is 10.6 Å². The minimum Gasteiger partial charge on any atom is -0.466 e. The zero-order valence-electron chi connectivity index (χ0n) is 14.0. The molecule has 0 spiro atoms. The third-order valence-corrected chi connectivity index (χ3v) is 4.10. The number of benzene rings is 1. The molecule has 1 fully saturated rings. The molecule has 1 aromatic carbocycles. The van der Waals surface area contributed by atoms with Gasteiger partial charge in [0.15, 0.2) is 5.54 Å². The Labute approximate surface area is 151 Å². The van der Waals surface area contributed by atoms with Crippen LogP contribution >= 0.6 is 0 Å². The van der Waals surface area contributed by atoms with Gasteiger partial charge in [0.05, 0.1) is 17.5 Å². The third-order valence-electron chi connectivity index (χ3n) is 4.10. The quantitative estimate of drug-likeness (QED) is 0.797. The van der Waals surface area contributed by atoms with Crippen LogP contribution in [0.25, 0.3) is 0 Å². The molecule has 1 aliphatic rings. The fourth-order valence-electron chi connectivity index (χ4n) is 2.74. The summed E-state index contributed by atoms with van der Waals surface area (Å²) in [5.74, 6) is -1.52. The van der Waals surface area contributed by atoms with Crippen LogP contribution in [0.2, 0.25) is 0 Å². The highest BCUT2D eigenvalue weighted by Gasteiger charge is 2.51. The number of para-hydroxylation sites is 1. The Hall–Kier alpha value is -3.30. The smallest absolute Gasteiger partial charge is 0.418 e. The predicted octanol–water partition coefficient (Wildman–Crippen LogP) is 2.70. The summed E-state index contributed by atoms with van der Waals surface area (Å²) >= 11 is 0. The number of anilines is 1. The number of carbonyl (C=O) groups excluding carboxylic acids is 3. The summed E-state index contributed by atoms with van der Waals surface area (Å²) in [5.41, 5.74) is -2.99. The topological polar surface area (TPSA) is 91.7 Å². The van der Waals surface area contributed by atoms with E-state index in [9.17, 15) is 27.6 Å². The van der Waals surface area contributed by atoms with Gasteiger partial charge in [-0.3, -0.25) is 14.5 Å². The second-order valence-electron chi connectivity index (χ2n) is 6.02. The van der Waals surface area contributed by atoms with Crippen LogP contribution in [-0.4, -0.2) is 29.3 Å². The first kappa shape index (κ1) is 18.5. The number of imide groups is 1. The number of hydrogen-bond donors (Lipinski definition) is 2. The van der Waals surface area contributed by atoms with Crippen molar-refractivity contribution in [2.75, 3.05) is 11.9 Å². The molecule has 142 valence electrons. The van der Waals surface area contributed by atoms with E-state index in [1.165, 1.54) is 37.5 Å². The number of rotatable bonds is 4. The van der Waals surface area contributed by atoms with Crippen LogP contribution in [0.1, 0.15) is 18.2 Å². The number of furan rings is 1. The maximum Gasteiger partial charge on any atom is 0.418 e. The van der Waals surface area contributed by atoms with E-state index in [4.69, 9.17) is 4.42 Å². The van der Waals surface area contributed by atoms with Gasteiger partial charge in [-0.05, 0) is 31.2 Å². The zero-order chi connectivity index (χ0) is 19.8.